The average molecular weight is 349 g/mol. The highest BCUT2D eigenvalue weighted by Gasteiger charge is 2.30. The Balaban J connectivity index is 1.79. The smallest absolute Gasteiger partial charge is 0.240 e. The maximum Gasteiger partial charge on any atom is 0.240 e. The van der Waals surface area contributed by atoms with E-state index in [2.05, 4.69) is 10.0 Å². The zero-order valence-electron chi connectivity index (χ0n) is 14.0. The molecule has 0 radical (unpaired) electrons. The monoisotopic (exact) mass is 349 g/mol. The lowest BCUT2D eigenvalue weighted by Gasteiger charge is -2.20. The number of hydrogen-bond donors (Lipinski definition) is 2. The van der Waals surface area contributed by atoms with Gasteiger partial charge in [-0.15, -0.1) is 0 Å². The number of rotatable bonds is 4. The molecule has 0 saturated carbocycles. The quantitative estimate of drug-likeness (QED) is 0.800. The van der Waals surface area contributed by atoms with Crippen LogP contribution in [0.5, 0.6) is 0 Å². The van der Waals surface area contributed by atoms with Crippen LogP contribution in [0.25, 0.3) is 0 Å². The molecule has 2 aliphatic heterocycles. The van der Waals surface area contributed by atoms with Crippen LogP contribution in [0.3, 0.4) is 0 Å². The largest absolute Gasteiger partial charge is 0.313 e. The van der Waals surface area contributed by atoms with Gasteiger partial charge >= 0.3 is 0 Å². The molecule has 0 aliphatic carbocycles. The summed E-state index contributed by atoms with van der Waals surface area (Å²) >= 11 is 0. The van der Waals surface area contributed by atoms with Crippen LogP contribution < -0.4 is 14.9 Å². The van der Waals surface area contributed by atoms with Crippen LogP contribution in [0.4, 0.5) is 5.69 Å². The Morgan fingerprint density at radius 2 is 2.21 bits per heavy atom. The van der Waals surface area contributed by atoms with Crippen molar-refractivity contribution in [3.63, 3.8) is 0 Å². The highest BCUT2D eigenvalue weighted by Crippen LogP contribution is 2.33. The van der Waals surface area contributed by atoms with Crippen LogP contribution in [-0.2, 0) is 21.2 Å². The lowest BCUT2D eigenvalue weighted by molar-refractivity contribution is -0.116. The summed E-state index contributed by atoms with van der Waals surface area (Å²) in [6.45, 7) is 5.51. The highest BCUT2D eigenvalue weighted by molar-refractivity contribution is 7.89. The molecule has 2 heterocycles. The number of carbonyl (C=O) groups is 1. The first kappa shape index (κ1) is 17.1. The molecule has 2 aliphatic rings. The van der Waals surface area contributed by atoms with E-state index in [-0.39, 0.29) is 16.8 Å². The molecule has 1 amide bonds. The topological polar surface area (TPSA) is 78.5 Å². The Kier molecular flexibility index (Phi) is 4.76. The molecule has 2 N–H and O–H groups in total. The predicted octanol–water partition coefficient (Wildman–Crippen LogP) is 1.18. The summed E-state index contributed by atoms with van der Waals surface area (Å²) in [5.41, 5.74) is 2.83. The molecule has 24 heavy (non-hydrogen) atoms. The molecule has 130 valence electrons. The molecule has 3 rings (SSSR count). The first-order valence-corrected chi connectivity index (χ1v) is 9.68. The number of amides is 1. The van der Waals surface area contributed by atoms with Crippen molar-refractivity contribution in [2.45, 2.75) is 37.6 Å². The lowest BCUT2D eigenvalue weighted by atomic mass is 10.1. The first-order valence-electron chi connectivity index (χ1n) is 8.19. The number of sulfonamides is 1. The van der Waals surface area contributed by atoms with Crippen molar-refractivity contribution in [1.82, 2.24) is 10.0 Å². The number of nitrogens with one attached hydrogen (secondary N) is 2. The second-order valence-electron chi connectivity index (χ2n) is 6.37. The van der Waals surface area contributed by atoms with Crippen LogP contribution in [0.1, 0.15) is 25.8 Å². The summed E-state index contributed by atoms with van der Waals surface area (Å²) in [6.07, 6.45) is 3.56. The van der Waals surface area contributed by atoms with Gasteiger partial charge < -0.3 is 10.2 Å². The Morgan fingerprint density at radius 3 is 2.88 bits per heavy atom. The number of nitrogens with zero attached hydrogens (tertiary/aromatic N) is 1. The number of carbonyl (C=O) groups excluding carboxylic acids is 1. The summed E-state index contributed by atoms with van der Waals surface area (Å²) in [6, 6.07) is 5.06. The van der Waals surface area contributed by atoms with E-state index in [9.17, 15) is 13.2 Å². The molecule has 1 aromatic rings. The van der Waals surface area contributed by atoms with E-state index in [0.717, 1.165) is 36.3 Å². The van der Waals surface area contributed by atoms with Gasteiger partial charge in [-0.3, -0.25) is 4.79 Å². The van der Waals surface area contributed by atoms with Crippen LogP contribution in [0, 0.1) is 0 Å². The molecule has 0 fully saturated rings. The number of anilines is 1. The zero-order chi connectivity index (χ0) is 17.3. The summed E-state index contributed by atoms with van der Waals surface area (Å²) in [5.74, 6) is -0.0205. The van der Waals surface area contributed by atoms with E-state index in [0.29, 0.717) is 13.0 Å². The molecule has 0 bridgehead atoms. The Bertz CT molecular complexity index is 786. The van der Waals surface area contributed by atoms with Crippen LogP contribution in [0.15, 0.2) is 34.7 Å². The van der Waals surface area contributed by atoms with Gasteiger partial charge in [0.05, 0.1) is 4.90 Å². The SMILES string of the molecule is CC(=O)N1c2ccc(S(=O)(=O)NCC3=CCNCC3)cc2CC1C. The van der Waals surface area contributed by atoms with Crippen molar-refractivity contribution in [3.8, 4) is 0 Å². The van der Waals surface area contributed by atoms with E-state index in [4.69, 9.17) is 0 Å². The molecule has 6 nitrogen and oxygen atoms in total. The van der Waals surface area contributed by atoms with Gasteiger partial charge in [-0.2, -0.15) is 0 Å². The molecule has 1 aromatic carbocycles. The third kappa shape index (κ3) is 3.38. The van der Waals surface area contributed by atoms with Crippen molar-refractivity contribution in [2.24, 2.45) is 0 Å². The molecule has 1 atom stereocenters. The van der Waals surface area contributed by atoms with E-state index in [1.165, 1.54) is 6.92 Å². The molecular weight excluding hydrogens is 326 g/mol. The Labute approximate surface area is 143 Å². The van der Waals surface area contributed by atoms with Gasteiger partial charge in [0.15, 0.2) is 0 Å². The summed E-state index contributed by atoms with van der Waals surface area (Å²) < 4.78 is 27.8. The van der Waals surface area contributed by atoms with E-state index in [1.807, 2.05) is 13.0 Å². The minimum Gasteiger partial charge on any atom is -0.313 e. The Hall–Kier alpha value is -1.70. The van der Waals surface area contributed by atoms with Gasteiger partial charge in [-0.05, 0) is 50.1 Å². The third-order valence-electron chi connectivity index (χ3n) is 4.56. The van der Waals surface area contributed by atoms with Gasteiger partial charge in [0.2, 0.25) is 15.9 Å². The highest BCUT2D eigenvalue weighted by atomic mass is 32.2. The van der Waals surface area contributed by atoms with E-state index >= 15 is 0 Å². The predicted molar refractivity (Wildman–Crippen MR) is 93.5 cm³/mol. The summed E-state index contributed by atoms with van der Waals surface area (Å²) in [4.78, 5) is 13.7. The van der Waals surface area contributed by atoms with Crippen molar-refractivity contribution >= 4 is 21.6 Å². The minimum absolute atomic E-state index is 0.0205. The maximum absolute atomic E-state index is 12.5. The number of hydrogen-bond acceptors (Lipinski definition) is 4. The molecule has 0 aromatic heterocycles. The lowest BCUT2D eigenvalue weighted by Crippen LogP contribution is -2.33. The number of fused-ring (bicyclic) bond motifs is 1. The second kappa shape index (κ2) is 6.66. The molecule has 7 heteroatoms. The molecule has 1 unspecified atom stereocenters. The van der Waals surface area contributed by atoms with Gasteiger partial charge in [0.25, 0.3) is 0 Å². The van der Waals surface area contributed by atoms with Crippen molar-refractivity contribution in [3.05, 3.63) is 35.4 Å². The maximum atomic E-state index is 12.5. The van der Waals surface area contributed by atoms with Crippen molar-refractivity contribution in [2.75, 3.05) is 24.5 Å². The van der Waals surface area contributed by atoms with Crippen LogP contribution in [0.2, 0.25) is 0 Å². The van der Waals surface area contributed by atoms with Gasteiger partial charge in [-0.25, -0.2) is 13.1 Å². The number of benzene rings is 1. The fourth-order valence-corrected chi connectivity index (χ4v) is 4.44. The molecule has 0 spiro atoms. The molecule has 0 saturated heterocycles. The van der Waals surface area contributed by atoms with Crippen LogP contribution in [-0.4, -0.2) is 40.0 Å². The summed E-state index contributed by atoms with van der Waals surface area (Å²) in [5, 5.41) is 3.20. The normalized spacial score (nSPS) is 20.7. The van der Waals surface area contributed by atoms with Gasteiger partial charge in [-0.1, -0.05) is 11.6 Å². The fourth-order valence-electron chi connectivity index (χ4n) is 3.36. The Morgan fingerprint density at radius 1 is 1.42 bits per heavy atom. The summed E-state index contributed by atoms with van der Waals surface area (Å²) in [7, 11) is -3.55. The van der Waals surface area contributed by atoms with E-state index in [1.54, 1.807) is 23.1 Å². The van der Waals surface area contributed by atoms with Crippen LogP contribution >= 0.6 is 0 Å². The fraction of sp³-hybridized carbons (Fsp3) is 0.471. The first-order chi connectivity index (χ1) is 11.4. The van der Waals surface area contributed by atoms with Crippen molar-refractivity contribution < 1.29 is 13.2 Å². The standard InChI is InChI=1S/C17H23N3O3S/c1-12-9-15-10-16(3-4-17(15)20(12)13(2)21)24(22,23)19-11-14-5-7-18-8-6-14/h3-5,10,12,18-19H,6-9,11H2,1-2H3. The average Bonchev–Trinajstić information content (AvgIpc) is 2.89. The third-order valence-corrected chi connectivity index (χ3v) is 5.96. The minimum atomic E-state index is -3.55. The van der Waals surface area contributed by atoms with Crippen molar-refractivity contribution in [1.29, 1.82) is 0 Å². The second-order valence-corrected chi connectivity index (χ2v) is 8.14. The van der Waals surface area contributed by atoms with Gasteiger partial charge in [0.1, 0.15) is 0 Å². The molecular formula is C17H23N3O3S. The van der Waals surface area contributed by atoms with Gasteiger partial charge in [0, 0.05) is 31.7 Å². The van der Waals surface area contributed by atoms with E-state index < -0.39 is 10.0 Å². The zero-order valence-corrected chi connectivity index (χ0v) is 14.8.